The summed E-state index contributed by atoms with van der Waals surface area (Å²) in [6.45, 7) is 3.17. The number of hydrogen-bond acceptors (Lipinski definition) is 5. The van der Waals surface area contributed by atoms with Crippen molar-refractivity contribution in [3.05, 3.63) is 46.7 Å². The number of anilines is 1. The van der Waals surface area contributed by atoms with Gasteiger partial charge in [0.15, 0.2) is 5.13 Å². The van der Waals surface area contributed by atoms with E-state index in [-0.39, 0.29) is 11.5 Å². The predicted molar refractivity (Wildman–Crippen MR) is 94.5 cm³/mol. The van der Waals surface area contributed by atoms with Crippen molar-refractivity contribution in [2.24, 2.45) is 0 Å². The fourth-order valence-corrected chi connectivity index (χ4v) is 3.32. The van der Waals surface area contributed by atoms with Gasteiger partial charge in [-0.15, -0.1) is 11.3 Å². The molecule has 2 aromatic rings. The minimum atomic E-state index is -0.478. The number of hydrogen-bond donors (Lipinski definition) is 1. The molecule has 132 valence electrons. The van der Waals surface area contributed by atoms with Crippen molar-refractivity contribution in [2.45, 2.75) is 6.42 Å². The third-order valence-corrected chi connectivity index (χ3v) is 4.80. The Morgan fingerprint density at radius 1 is 1.24 bits per heavy atom. The third kappa shape index (κ3) is 4.40. The van der Waals surface area contributed by atoms with Gasteiger partial charge in [0.05, 0.1) is 0 Å². The normalized spacial score (nSPS) is 15.7. The zero-order valence-corrected chi connectivity index (χ0v) is 14.7. The number of amides is 2. The van der Waals surface area contributed by atoms with Crippen LogP contribution in [0.4, 0.5) is 9.52 Å². The van der Waals surface area contributed by atoms with Crippen molar-refractivity contribution in [1.82, 2.24) is 14.8 Å². The molecular formula is C17H19FN4O2S. The third-order valence-electron chi connectivity index (χ3n) is 4.04. The van der Waals surface area contributed by atoms with Gasteiger partial charge in [0, 0.05) is 30.6 Å². The molecule has 1 saturated heterocycles. The number of aromatic nitrogens is 1. The van der Waals surface area contributed by atoms with Gasteiger partial charge >= 0.3 is 0 Å². The van der Waals surface area contributed by atoms with Crippen LogP contribution >= 0.6 is 11.3 Å². The van der Waals surface area contributed by atoms with Crippen LogP contribution in [0.5, 0.6) is 0 Å². The lowest BCUT2D eigenvalue weighted by atomic mass is 10.2. The van der Waals surface area contributed by atoms with Gasteiger partial charge in [-0.25, -0.2) is 9.37 Å². The molecule has 0 atom stereocenters. The summed E-state index contributed by atoms with van der Waals surface area (Å²) in [5.41, 5.74) is 0.530. The average Bonchev–Trinajstić information content (AvgIpc) is 2.94. The number of carbonyl (C=O) groups is 2. The quantitative estimate of drug-likeness (QED) is 0.910. The average molecular weight is 362 g/mol. The first-order valence-corrected chi connectivity index (χ1v) is 8.91. The van der Waals surface area contributed by atoms with Gasteiger partial charge in [-0.05, 0) is 38.2 Å². The van der Waals surface area contributed by atoms with E-state index in [0.29, 0.717) is 23.9 Å². The Labute approximate surface area is 149 Å². The molecule has 1 aromatic carbocycles. The first-order chi connectivity index (χ1) is 12.0. The van der Waals surface area contributed by atoms with Crippen LogP contribution in [-0.4, -0.2) is 59.8 Å². The van der Waals surface area contributed by atoms with E-state index in [0.717, 1.165) is 25.6 Å². The summed E-state index contributed by atoms with van der Waals surface area (Å²) in [4.78, 5) is 32.9. The Balaban J connectivity index is 1.65. The van der Waals surface area contributed by atoms with E-state index in [1.807, 2.05) is 7.05 Å². The van der Waals surface area contributed by atoms with Gasteiger partial charge in [-0.2, -0.15) is 0 Å². The summed E-state index contributed by atoms with van der Waals surface area (Å²) in [5.74, 6) is -1.06. The number of carbonyl (C=O) groups excluding carboxylic acids is 2. The maximum absolute atomic E-state index is 13.2. The first-order valence-electron chi connectivity index (χ1n) is 8.03. The Kier molecular flexibility index (Phi) is 5.40. The second kappa shape index (κ2) is 7.71. The lowest BCUT2D eigenvalue weighted by Crippen LogP contribution is -2.34. The van der Waals surface area contributed by atoms with Gasteiger partial charge in [0.25, 0.3) is 11.8 Å². The van der Waals surface area contributed by atoms with Crippen LogP contribution in [-0.2, 0) is 0 Å². The molecule has 0 spiro atoms. The summed E-state index contributed by atoms with van der Waals surface area (Å²) >= 11 is 1.18. The molecule has 1 aromatic heterocycles. The van der Waals surface area contributed by atoms with Gasteiger partial charge in [0.1, 0.15) is 11.5 Å². The standard InChI is InChI=1S/C17H19FN4O2S/c1-21-6-3-7-22(9-8-21)16(24)14-11-25-17(19-14)20-15(23)12-4-2-5-13(18)10-12/h2,4-5,10-11H,3,6-9H2,1H3,(H,19,20,23). The molecule has 0 bridgehead atoms. The molecule has 2 amide bonds. The minimum Gasteiger partial charge on any atom is -0.336 e. The van der Waals surface area contributed by atoms with Crippen LogP contribution in [0.1, 0.15) is 27.3 Å². The second-order valence-corrected chi connectivity index (χ2v) is 6.81. The highest BCUT2D eigenvalue weighted by atomic mass is 32.1. The van der Waals surface area contributed by atoms with E-state index < -0.39 is 11.7 Å². The van der Waals surface area contributed by atoms with E-state index in [2.05, 4.69) is 15.2 Å². The molecule has 0 radical (unpaired) electrons. The van der Waals surface area contributed by atoms with Gasteiger partial charge in [0.2, 0.25) is 0 Å². The lowest BCUT2D eigenvalue weighted by molar-refractivity contribution is 0.0757. The largest absolute Gasteiger partial charge is 0.336 e. The van der Waals surface area contributed by atoms with E-state index in [1.54, 1.807) is 10.3 Å². The summed E-state index contributed by atoms with van der Waals surface area (Å²) in [6.07, 6.45) is 0.926. The number of halogens is 1. The Morgan fingerprint density at radius 3 is 2.88 bits per heavy atom. The molecule has 6 nitrogen and oxygen atoms in total. The van der Waals surface area contributed by atoms with Crippen LogP contribution in [0.3, 0.4) is 0 Å². The van der Waals surface area contributed by atoms with E-state index >= 15 is 0 Å². The van der Waals surface area contributed by atoms with E-state index in [9.17, 15) is 14.0 Å². The molecule has 3 rings (SSSR count). The fraction of sp³-hybridized carbons (Fsp3) is 0.353. The number of benzene rings is 1. The zero-order valence-electron chi connectivity index (χ0n) is 13.9. The molecular weight excluding hydrogens is 343 g/mol. The highest BCUT2D eigenvalue weighted by molar-refractivity contribution is 7.14. The number of nitrogens with zero attached hydrogens (tertiary/aromatic N) is 3. The van der Waals surface area contributed by atoms with E-state index in [4.69, 9.17) is 0 Å². The Hall–Kier alpha value is -2.32. The molecule has 1 fully saturated rings. The molecule has 1 aliphatic heterocycles. The van der Waals surface area contributed by atoms with Crippen LogP contribution < -0.4 is 5.32 Å². The smallest absolute Gasteiger partial charge is 0.273 e. The lowest BCUT2D eigenvalue weighted by Gasteiger charge is -2.19. The molecule has 0 saturated carbocycles. The molecule has 0 aliphatic carbocycles. The van der Waals surface area contributed by atoms with E-state index in [1.165, 1.54) is 29.5 Å². The highest BCUT2D eigenvalue weighted by Crippen LogP contribution is 2.18. The maximum atomic E-state index is 13.2. The molecule has 1 N–H and O–H groups in total. The monoisotopic (exact) mass is 362 g/mol. The van der Waals surface area contributed by atoms with Gasteiger partial charge in [-0.1, -0.05) is 6.07 Å². The molecule has 8 heteroatoms. The fourth-order valence-electron chi connectivity index (χ4n) is 2.64. The van der Waals surface area contributed by atoms with Crippen molar-refractivity contribution >= 4 is 28.3 Å². The number of thiazole rings is 1. The summed E-state index contributed by atoms with van der Waals surface area (Å²) < 4.78 is 13.2. The Bertz CT molecular complexity index is 780. The van der Waals surface area contributed by atoms with Crippen LogP contribution in [0, 0.1) is 5.82 Å². The summed E-state index contributed by atoms with van der Waals surface area (Å²) in [7, 11) is 2.04. The molecule has 25 heavy (non-hydrogen) atoms. The predicted octanol–water partition coefficient (Wildman–Crippen LogP) is 2.31. The number of likely N-dealkylation sites (N-methyl/N-ethyl adjacent to an activating group) is 1. The van der Waals surface area contributed by atoms with Crippen molar-refractivity contribution < 1.29 is 14.0 Å². The van der Waals surface area contributed by atoms with Gasteiger partial charge < -0.3 is 9.80 Å². The van der Waals surface area contributed by atoms with Crippen LogP contribution in [0.2, 0.25) is 0 Å². The van der Waals surface area contributed by atoms with Crippen molar-refractivity contribution in [3.8, 4) is 0 Å². The maximum Gasteiger partial charge on any atom is 0.273 e. The summed E-state index contributed by atoms with van der Waals surface area (Å²) in [5, 5.41) is 4.57. The van der Waals surface area contributed by atoms with Crippen molar-refractivity contribution in [1.29, 1.82) is 0 Å². The molecule has 1 aliphatic rings. The topological polar surface area (TPSA) is 65.5 Å². The molecule has 2 heterocycles. The minimum absolute atomic E-state index is 0.127. The van der Waals surface area contributed by atoms with Crippen LogP contribution in [0.25, 0.3) is 0 Å². The SMILES string of the molecule is CN1CCCN(C(=O)c2csc(NC(=O)c3cccc(F)c3)n2)CC1. The van der Waals surface area contributed by atoms with Gasteiger partial charge in [-0.3, -0.25) is 14.9 Å². The molecule has 0 unspecified atom stereocenters. The Morgan fingerprint density at radius 2 is 2.08 bits per heavy atom. The van der Waals surface area contributed by atoms with Crippen molar-refractivity contribution in [2.75, 3.05) is 38.5 Å². The number of rotatable bonds is 3. The first kappa shape index (κ1) is 17.5. The zero-order chi connectivity index (χ0) is 17.8. The van der Waals surface area contributed by atoms with Crippen LogP contribution in [0.15, 0.2) is 29.6 Å². The summed E-state index contributed by atoms with van der Waals surface area (Å²) in [6, 6.07) is 5.42. The number of nitrogens with one attached hydrogen (secondary N) is 1. The second-order valence-electron chi connectivity index (χ2n) is 5.95. The highest BCUT2D eigenvalue weighted by Gasteiger charge is 2.21. The van der Waals surface area contributed by atoms with Crippen molar-refractivity contribution in [3.63, 3.8) is 0 Å².